The molecule has 0 atom stereocenters. The van der Waals surface area contributed by atoms with Crippen molar-refractivity contribution in [2.24, 2.45) is 5.92 Å². The predicted molar refractivity (Wildman–Crippen MR) is 120 cm³/mol. The number of rotatable bonds is 7. The molecule has 1 saturated heterocycles. The topological polar surface area (TPSA) is 80.2 Å². The second-order valence-electron chi connectivity index (χ2n) is 7.63. The molecule has 7 nitrogen and oxygen atoms in total. The summed E-state index contributed by atoms with van der Waals surface area (Å²) in [6.07, 6.45) is 5.88. The Hall–Kier alpha value is -3.48. The molecule has 1 amide bonds. The Bertz CT molecular complexity index is 986. The van der Waals surface area contributed by atoms with Gasteiger partial charge in [-0.15, -0.1) is 10.2 Å². The lowest BCUT2D eigenvalue weighted by Gasteiger charge is -2.31. The molecule has 0 bridgehead atoms. The maximum absolute atomic E-state index is 12.6. The first-order valence-corrected chi connectivity index (χ1v) is 10.6. The van der Waals surface area contributed by atoms with Crippen LogP contribution in [-0.2, 0) is 11.2 Å². The van der Waals surface area contributed by atoms with Gasteiger partial charge >= 0.3 is 0 Å². The lowest BCUT2D eigenvalue weighted by molar-refractivity contribution is -0.125. The zero-order chi connectivity index (χ0) is 21.5. The molecular formula is C24H27N5O2. The van der Waals surface area contributed by atoms with E-state index in [1.54, 1.807) is 19.5 Å². The smallest absolute Gasteiger partial charge is 0.223 e. The van der Waals surface area contributed by atoms with E-state index in [1.807, 2.05) is 48.5 Å². The summed E-state index contributed by atoms with van der Waals surface area (Å²) in [6, 6.07) is 15.7. The van der Waals surface area contributed by atoms with E-state index in [9.17, 15) is 4.79 Å². The maximum atomic E-state index is 12.6. The number of piperidine rings is 1. The fourth-order valence-corrected chi connectivity index (χ4v) is 3.92. The number of hydrogen-bond acceptors (Lipinski definition) is 6. The molecule has 2 aromatic heterocycles. The summed E-state index contributed by atoms with van der Waals surface area (Å²) in [5.41, 5.74) is 2.93. The van der Waals surface area contributed by atoms with Crippen molar-refractivity contribution in [3.63, 3.8) is 0 Å². The minimum absolute atomic E-state index is 0.0398. The van der Waals surface area contributed by atoms with Crippen LogP contribution < -0.4 is 15.0 Å². The van der Waals surface area contributed by atoms with Crippen LogP contribution >= 0.6 is 0 Å². The van der Waals surface area contributed by atoms with Crippen LogP contribution in [-0.4, -0.2) is 47.8 Å². The number of methoxy groups -OCH3 is 1. The molecule has 0 radical (unpaired) electrons. The largest absolute Gasteiger partial charge is 0.496 e. The molecule has 1 fully saturated rings. The molecule has 1 aliphatic heterocycles. The Labute approximate surface area is 182 Å². The van der Waals surface area contributed by atoms with Crippen molar-refractivity contribution in [3.8, 4) is 17.0 Å². The molecular weight excluding hydrogens is 390 g/mol. The number of pyridine rings is 1. The van der Waals surface area contributed by atoms with Crippen LogP contribution in [0.1, 0.15) is 18.4 Å². The number of carbonyl (C=O) groups is 1. The number of hydrogen-bond donors (Lipinski definition) is 1. The van der Waals surface area contributed by atoms with Gasteiger partial charge in [-0.05, 0) is 55.2 Å². The summed E-state index contributed by atoms with van der Waals surface area (Å²) in [5.74, 6) is 1.89. The molecule has 31 heavy (non-hydrogen) atoms. The van der Waals surface area contributed by atoms with Crippen molar-refractivity contribution in [1.29, 1.82) is 0 Å². The molecule has 7 heteroatoms. The van der Waals surface area contributed by atoms with Crippen LogP contribution in [0.25, 0.3) is 11.3 Å². The minimum Gasteiger partial charge on any atom is -0.496 e. The van der Waals surface area contributed by atoms with Gasteiger partial charge in [-0.25, -0.2) is 0 Å². The normalized spacial score (nSPS) is 14.3. The Morgan fingerprint density at radius 3 is 2.55 bits per heavy atom. The van der Waals surface area contributed by atoms with Crippen molar-refractivity contribution < 1.29 is 9.53 Å². The van der Waals surface area contributed by atoms with Crippen LogP contribution in [0.3, 0.4) is 0 Å². The standard InChI is InChI=1S/C24H27N5O2/c1-31-22-5-3-2-4-19(22)10-15-26-24(30)20-11-16-29(17-12-20)23-7-6-21(27-28-23)18-8-13-25-14-9-18/h2-9,13-14,20H,10-12,15-17H2,1H3,(H,26,30). The highest BCUT2D eigenvalue weighted by molar-refractivity contribution is 5.79. The number of amides is 1. The number of nitrogens with one attached hydrogen (secondary N) is 1. The molecule has 1 N–H and O–H groups in total. The summed E-state index contributed by atoms with van der Waals surface area (Å²) >= 11 is 0. The predicted octanol–water partition coefficient (Wildman–Crippen LogP) is 3.12. The van der Waals surface area contributed by atoms with Gasteiger partial charge < -0.3 is 15.0 Å². The third-order valence-electron chi connectivity index (χ3n) is 5.70. The number of anilines is 1. The molecule has 4 rings (SSSR count). The van der Waals surface area contributed by atoms with Gasteiger partial charge in [-0.1, -0.05) is 18.2 Å². The second-order valence-corrected chi connectivity index (χ2v) is 7.63. The summed E-state index contributed by atoms with van der Waals surface area (Å²) in [4.78, 5) is 18.8. The number of ether oxygens (including phenoxy) is 1. The fraction of sp³-hybridized carbons (Fsp3) is 0.333. The first kappa shape index (κ1) is 20.8. The number of carbonyl (C=O) groups excluding carboxylic acids is 1. The van der Waals surface area contributed by atoms with E-state index in [1.165, 1.54) is 0 Å². The molecule has 160 valence electrons. The third-order valence-corrected chi connectivity index (χ3v) is 5.70. The van der Waals surface area contributed by atoms with Gasteiger partial charge in [0.2, 0.25) is 5.91 Å². The van der Waals surface area contributed by atoms with Gasteiger partial charge in [0, 0.05) is 43.5 Å². The van der Waals surface area contributed by atoms with Gasteiger partial charge in [0.05, 0.1) is 12.8 Å². The lowest BCUT2D eigenvalue weighted by Crippen LogP contribution is -2.41. The molecule has 0 spiro atoms. The second kappa shape index (κ2) is 10.0. The maximum Gasteiger partial charge on any atom is 0.223 e. The summed E-state index contributed by atoms with van der Waals surface area (Å²) in [6.45, 7) is 2.21. The lowest BCUT2D eigenvalue weighted by atomic mass is 9.96. The Morgan fingerprint density at radius 1 is 1.06 bits per heavy atom. The van der Waals surface area contributed by atoms with Gasteiger partial charge in [-0.3, -0.25) is 9.78 Å². The first-order valence-electron chi connectivity index (χ1n) is 10.6. The van der Waals surface area contributed by atoms with Crippen molar-refractivity contribution in [2.45, 2.75) is 19.3 Å². The highest BCUT2D eigenvalue weighted by atomic mass is 16.5. The zero-order valence-corrected chi connectivity index (χ0v) is 17.7. The third kappa shape index (κ3) is 5.17. The Kier molecular flexibility index (Phi) is 6.72. The minimum atomic E-state index is 0.0398. The van der Waals surface area contributed by atoms with Crippen LogP contribution in [0.4, 0.5) is 5.82 Å². The molecule has 3 aromatic rings. The van der Waals surface area contributed by atoms with E-state index in [-0.39, 0.29) is 11.8 Å². The van der Waals surface area contributed by atoms with E-state index in [4.69, 9.17) is 4.74 Å². The van der Waals surface area contributed by atoms with Gasteiger partial charge in [0.25, 0.3) is 0 Å². The van der Waals surface area contributed by atoms with E-state index in [0.717, 1.165) is 60.7 Å². The Morgan fingerprint density at radius 2 is 1.84 bits per heavy atom. The summed E-state index contributed by atoms with van der Waals surface area (Å²) in [5, 5.41) is 11.8. The fourth-order valence-electron chi connectivity index (χ4n) is 3.92. The van der Waals surface area contributed by atoms with E-state index in [2.05, 4.69) is 25.4 Å². The molecule has 1 aromatic carbocycles. The van der Waals surface area contributed by atoms with Crippen molar-refractivity contribution in [2.75, 3.05) is 31.6 Å². The van der Waals surface area contributed by atoms with Crippen molar-refractivity contribution >= 4 is 11.7 Å². The first-order chi connectivity index (χ1) is 15.2. The zero-order valence-electron chi connectivity index (χ0n) is 17.7. The quantitative estimate of drug-likeness (QED) is 0.636. The molecule has 0 unspecified atom stereocenters. The van der Waals surface area contributed by atoms with Crippen LogP contribution in [0.5, 0.6) is 5.75 Å². The van der Waals surface area contributed by atoms with E-state index >= 15 is 0 Å². The summed E-state index contributed by atoms with van der Waals surface area (Å²) in [7, 11) is 1.67. The summed E-state index contributed by atoms with van der Waals surface area (Å²) < 4.78 is 5.37. The molecule has 1 aliphatic rings. The van der Waals surface area contributed by atoms with Crippen LogP contribution in [0, 0.1) is 5.92 Å². The molecule has 3 heterocycles. The van der Waals surface area contributed by atoms with Crippen LogP contribution in [0.2, 0.25) is 0 Å². The number of benzene rings is 1. The average Bonchev–Trinajstić information content (AvgIpc) is 2.85. The number of aromatic nitrogens is 3. The van der Waals surface area contributed by atoms with Gasteiger partial charge in [0.1, 0.15) is 5.75 Å². The van der Waals surface area contributed by atoms with Gasteiger partial charge in [-0.2, -0.15) is 0 Å². The average molecular weight is 418 g/mol. The monoisotopic (exact) mass is 417 g/mol. The van der Waals surface area contributed by atoms with E-state index in [0.29, 0.717) is 6.54 Å². The van der Waals surface area contributed by atoms with Crippen LogP contribution in [0.15, 0.2) is 60.9 Å². The highest BCUT2D eigenvalue weighted by Crippen LogP contribution is 2.23. The number of nitrogens with zero attached hydrogens (tertiary/aromatic N) is 4. The Balaban J connectivity index is 1.25. The molecule has 0 aliphatic carbocycles. The SMILES string of the molecule is COc1ccccc1CCNC(=O)C1CCN(c2ccc(-c3ccncc3)nn2)CC1. The number of para-hydroxylation sites is 1. The highest BCUT2D eigenvalue weighted by Gasteiger charge is 2.25. The van der Waals surface area contributed by atoms with Crippen molar-refractivity contribution in [3.05, 3.63) is 66.5 Å². The molecule has 0 saturated carbocycles. The van der Waals surface area contributed by atoms with Gasteiger partial charge in [0.15, 0.2) is 5.82 Å². The van der Waals surface area contributed by atoms with Crippen molar-refractivity contribution in [1.82, 2.24) is 20.5 Å². The van der Waals surface area contributed by atoms with E-state index < -0.39 is 0 Å².